The van der Waals surface area contributed by atoms with Crippen LogP contribution in [-0.4, -0.2) is 20.4 Å². The number of nitrogens with zero attached hydrogens (tertiary/aromatic N) is 3. The zero-order valence-corrected chi connectivity index (χ0v) is 19.1. The summed E-state index contributed by atoms with van der Waals surface area (Å²) in [5, 5.41) is 3.48. The predicted molar refractivity (Wildman–Crippen MR) is 127 cm³/mol. The first-order chi connectivity index (χ1) is 15.4. The SMILES string of the molecule is Cc1cc2nc(CSc3nc4ccc(NC(=O)c5ccc(Cl)cc5)cc4s3)cc(=O)n2o1. The molecule has 0 saturated heterocycles. The summed E-state index contributed by atoms with van der Waals surface area (Å²) in [5.74, 6) is 0.933. The summed E-state index contributed by atoms with van der Waals surface area (Å²) in [6.07, 6.45) is 0. The number of amides is 1. The molecule has 0 aliphatic carbocycles. The highest BCUT2D eigenvalue weighted by molar-refractivity contribution is 8.00. The highest BCUT2D eigenvalue weighted by Gasteiger charge is 2.11. The molecule has 0 saturated carbocycles. The van der Waals surface area contributed by atoms with Gasteiger partial charge in [-0.15, -0.1) is 15.9 Å². The van der Waals surface area contributed by atoms with Crippen LogP contribution in [0.3, 0.4) is 0 Å². The Morgan fingerprint density at radius 2 is 1.97 bits per heavy atom. The molecular formula is C22H15ClN4O3S2. The molecule has 10 heteroatoms. The molecule has 5 rings (SSSR count). The van der Waals surface area contributed by atoms with E-state index in [1.807, 2.05) is 18.2 Å². The van der Waals surface area contributed by atoms with Crippen molar-refractivity contribution in [2.75, 3.05) is 5.32 Å². The first kappa shape index (κ1) is 20.7. The van der Waals surface area contributed by atoms with Gasteiger partial charge < -0.3 is 9.84 Å². The number of thioether (sulfide) groups is 1. The molecule has 0 unspecified atom stereocenters. The molecule has 3 aromatic heterocycles. The normalized spacial score (nSPS) is 11.3. The number of halogens is 1. The molecule has 0 bridgehead atoms. The van der Waals surface area contributed by atoms with Crippen LogP contribution in [0.5, 0.6) is 0 Å². The third-order valence-electron chi connectivity index (χ3n) is 4.60. The van der Waals surface area contributed by atoms with E-state index in [9.17, 15) is 9.59 Å². The maximum Gasteiger partial charge on any atom is 0.287 e. The molecule has 2 aromatic carbocycles. The van der Waals surface area contributed by atoms with Crippen LogP contribution in [0.15, 0.2) is 68.3 Å². The van der Waals surface area contributed by atoms with Crippen LogP contribution in [-0.2, 0) is 5.75 Å². The molecule has 0 atom stereocenters. The quantitative estimate of drug-likeness (QED) is 0.337. The Morgan fingerprint density at radius 3 is 2.78 bits per heavy atom. The van der Waals surface area contributed by atoms with E-state index in [4.69, 9.17) is 16.1 Å². The van der Waals surface area contributed by atoms with Gasteiger partial charge in [-0.05, 0) is 49.4 Å². The van der Waals surface area contributed by atoms with Gasteiger partial charge in [0.1, 0.15) is 5.76 Å². The topological polar surface area (TPSA) is 89.5 Å². The highest BCUT2D eigenvalue weighted by atomic mass is 35.5. The van der Waals surface area contributed by atoms with Gasteiger partial charge in [-0.25, -0.2) is 9.97 Å². The molecule has 0 fully saturated rings. The fourth-order valence-electron chi connectivity index (χ4n) is 3.13. The maximum atomic E-state index is 12.4. The largest absolute Gasteiger partial charge is 0.375 e. The molecule has 0 aliphatic heterocycles. The van der Waals surface area contributed by atoms with Gasteiger partial charge in [0.2, 0.25) is 0 Å². The van der Waals surface area contributed by atoms with E-state index >= 15 is 0 Å². The van der Waals surface area contributed by atoms with Crippen LogP contribution in [0, 0.1) is 6.92 Å². The van der Waals surface area contributed by atoms with Crippen molar-refractivity contribution in [1.29, 1.82) is 0 Å². The van der Waals surface area contributed by atoms with Gasteiger partial charge in [0.05, 0.1) is 15.9 Å². The van der Waals surface area contributed by atoms with Crippen LogP contribution in [0.1, 0.15) is 21.8 Å². The Balaban J connectivity index is 1.31. The molecule has 0 spiro atoms. The van der Waals surface area contributed by atoms with E-state index in [1.165, 1.54) is 33.7 Å². The molecule has 3 heterocycles. The number of carbonyl (C=O) groups is 1. The van der Waals surface area contributed by atoms with Crippen molar-refractivity contribution in [2.45, 2.75) is 17.0 Å². The van der Waals surface area contributed by atoms with Gasteiger partial charge in [-0.2, -0.15) is 0 Å². The minimum atomic E-state index is -0.246. The summed E-state index contributed by atoms with van der Waals surface area (Å²) in [6, 6.07) is 15.5. The second-order valence-electron chi connectivity index (χ2n) is 7.00. The number of aromatic nitrogens is 3. The summed E-state index contributed by atoms with van der Waals surface area (Å²) < 4.78 is 8.31. The fraction of sp³-hybridized carbons (Fsp3) is 0.0909. The molecule has 1 N–H and O–H groups in total. The molecule has 1 amide bonds. The minimum Gasteiger partial charge on any atom is -0.375 e. The lowest BCUT2D eigenvalue weighted by Crippen LogP contribution is -2.12. The Bertz CT molecular complexity index is 1520. The van der Waals surface area contributed by atoms with Crippen LogP contribution in [0.4, 0.5) is 5.69 Å². The number of hydrogen-bond acceptors (Lipinski definition) is 7. The third-order valence-corrected chi connectivity index (χ3v) is 7.05. The number of benzene rings is 2. The van der Waals surface area contributed by atoms with Gasteiger partial charge in [-0.1, -0.05) is 23.4 Å². The van der Waals surface area contributed by atoms with Crippen LogP contribution in [0.25, 0.3) is 15.9 Å². The lowest BCUT2D eigenvalue weighted by atomic mass is 10.2. The molecule has 5 aromatic rings. The monoisotopic (exact) mass is 482 g/mol. The van der Waals surface area contributed by atoms with Crippen LogP contribution >= 0.6 is 34.7 Å². The van der Waals surface area contributed by atoms with E-state index in [1.54, 1.807) is 37.3 Å². The van der Waals surface area contributed by atoms with Gasteiger partial charge in [0, 0.05) is 34.2 Å². The molecule has 32 heavy (non-hydrogen) atoms. The van der Waals surface area contributed by atoms with E-state index in [2.05, 4.69) is 15.3 Å². The minimum absolute atomic E-state index is 0.206. The third kappa shape index (κ3) is 4.27. The van der Waals surface area contributed by atoms with Gasteiger partial charge >= 0.3 is 0 Å². The second kappa shape index (κ2) is 8.42. The molecule has 0 aliphatic rings. The average molecular weight is 483 g/mol. The van der Waals surface area contributed by atoms with E-state index in [0.29, 0.717) is 39.1 Å². The Morgan fingerprint density at radius 1 is 1.16 bits per heavy atom. The Hall–Kier alpha value is -3.14. The zero-order valence-electron chi connectivity index (χ0n) is 16.7. The highest BCUT2D eigenvalue weighted by Crippen LogP contribution is 2.32. The molecular weight excluding hydrogens is 468 g/mol. The molecule has 160 valence electrons. The maximum absolute atomic E-state index is 12.4. The van der Waals surface area contributed by atoms with Crippen LogP contribution in [0.2, 0.25) is 5.02 Å². The average Bonchev–Trinajstić information content (AvgIpc) is 3.35. The number of anilines is 1. The summed E-state index contributed by atoms with van der Waals surface area (Å²) in [6.45, 7) is 1.77. The van der Waals surface area contributed by atoms with Crippen LogP contribution < -0.4 is 10.9 Å². The summed E-state index contributed by atoms with van der Waals surface area (Å²) >= 11 is 8.91. The van der Waals surface area contributed by atoms with Crippen molar-refractivity contribution in [1.82, 2.24) is 14.5 Å². The van der Waals surface area contributed by atoms with Gasteiger partial charge in [0.15, 0.2) is 9.99 Å². The van der Waals surface area contributed by atoms with Crippen molar-refractivity contribution in [3.8, 4) is 0 Å². The smallest absolute Gasteiger partial charge is 0.287 e. The standard InChI is InChI=1S/C22H15ClN4O3S2/c1-12-8-19-24-16(10-20(28)27(19)30-12)11-31-22-26-17-7-6-15(9-18(17)32-22)25-21(29)13-2-4-14(23)5-3-13/h2-10H,11H2,1H3,(H,25,29). The Labute approximate surface area is 195 Å². The number of thiazole rings is 1. The first-order valence-corrected chi connectivity index (χ1v) is 11.7. The number of aryl methyl sites for hydroxylation is 1. The number of rotatable bonds is 5. The van der Waals surface area contributed by atoms with E-state index < -0.39 is 0 Å². The van der Waals surface area contributed by atoms with Crippen molar-refractivity contribution in [2.24, 2.45) is 0 Å². The number of carbonyl (C=O) groups excluding carboxylic acids is 1. The van der Waals surface area contributed by atoms with Crippen molar-refractivity contribution in [3.63, 3.8) is 0 Å². The number of fused-ring (bicyclic) bond motifs is 2. The first-order valence-electron chi connectivity index (χ1n) is 9.54. The lowest BCUT2D eigenvalue weighted by Gasteiger charge is -2.05. The van der Waals surface area contributed by atoms with E-state index in [-0.39, 0.29) is 11.5 Å². The van der Waals surface area contributed by atoms with Gasteiger partial charge in [0.25, 0.3) is 11.5 Å². The summed E-state index contributed by atoms with van der Waals surface area (Å²) in [7, 11) is 0. The predicted octanol–water partition coefficient (Wildman–Crippen LogP) is 5.40. The summed E-state index contributed by atoms with van der Waals surface area (Å²) in [5.41, 5.74) is 2.98. The zero-order chi connectivity index (χ0) is 22.2. The van der Waals surface area contributed by atoms with Crippen molar-refractivity contribution >= 4 is 62.2 Å². The number of hydrogen-bond donors (Lipinski definition) is 1. The summed E-state index contributed by atoms with van der Waals surface area (Å²) in [4.78, 5) is 33.7. The fourth-order valence-corrected chi connectivity index (χ4v) is 5.26. The van der Waals surface area contributed by atoms with Crippen molar-refractivity contribution in [3.05, 3.63) is 87.0 Å². The van der Waals surface area contributed by atoms with Gasteiger partial charge in [-0.3, -0.25) is 9.59 Å². The lowest BCUT2D eigenvalue weighted by molar-refractivity contribution is 0.102. The molecule has 0 radical (unpaired) electrons. The van der Waals surface area contributed by atoms with Crippen molar-refractivity contribution < 1.29 is 9.32 Å². The molecule has 7 nitrogen and oxygen atoms in total. The second-order valence-corrected chi connectivity index (χ2v) is 9.69. The Kier molecular flexibility index (Phi) is 5.46. The number of nitrogens with one attached hydrogen (secondary N) is 1. The van der Waals surface area contributed by atoms with E-state index in [0.717, 1.165) is 14.6 Å².